The Morgan fingerprint density at radius 3 is 2.81 bits per heavy atom. The van der Waals surface area contributed by atoms with E-state index in [0.29, 0.717) is 12.1 Å². The third-order valence-corrected chi connectivity index (χ3v) is 2.73. The number of rotatable bonds is 3. The Morgan fingerprint density at radius 2 is 2.25 bits per heavy atom. The molecule has 0 bridgehead atoms. The highest BCUT2D eigenvalue weighted by Gasteiger charge is 2.11. The molecule has 2 rings (SSSR count). The molecule has 1 unspecified atom stereocenters. The number of halogens is 1. The van der Waals surface area contributed by atoms with Crippen LogP contribution >= 0.6 is 15.9 Å². The summed E-state index contributed by atoms with van der Waals surface area (Å²) in [6, 6.07) is 3.80. The van der Waals surface area contributed by atoms with Gasteiger partial charge in [-0.1, -0.05) is 0 Å². The van der Waals surface area contributed by atoms with Gasteiger partial charge < -0.3 is 9.67 Å². The lowest BCUT2D eigenvalue weighted by molar-refractivity contribution is 0.173. The van der Waals surface area contributed by atoms with Crippen molar-refractivity contribution in [2.75, 3.05) is 0 Å². The maximum absolute atomic E-state index is 9.93. The Bertz CT molecular complexity index is 466. The number of aliphatic hydroxyl groups excluding tert-OH is 1. The molecule has 5 heteroatoms. The molecule has 0 aliphatic rings. The second-order valence-corrected chi connectivity index (χ2v) is 4.57. The van der Waals surface area contributed by atoms with Crippen LogP contribution in [0.1, 0.15) is 17.5 Å². The molecule has 1 N–H and O–H groups in total. The van der Waals surface area contributed by atoms with Crippen LogP contribution in [0.3, 0.4) is 0 Å². The zero-order chi connectivity index (χ0) is 11.5. The largest absolute Gasteiger partial charge is 0.386 e. The number of hydrogen-bond donors (Lipinski definition) is 1. The van der Waals surface area contributed by atoms with Gasteiger partial charge in [0, 0.05) is 36.0 Å². The van der Waals surface area contributed by atoms with Crippen molar-refractivity contribution < 1.29 is 5.11 Å². The highest BCUT2D eigenvalue weighted by molar-refractivity contribution is 9.10. The van der Waals surface area contributed by atoms with E-state index in [4.69, 9.17) is 0 Å². The van der Waals surface area contributed by atoms with Crippen molar-refractivity contribution in [1.29, 1.82) is 0 Å². The number of nitrogens with zero attached hydrogens (tertiary/aromatic N) is 3. The topological polar surface area (TPSA) is 50.9 Å². The number of hydrogen-bond acceptors (Lipinski definition) is 3. The van der Waals surface area contributed by atoms with E-state index >= 15 is 0 Å². The molecule has 0 spiro atoms. The molecule has 16 heavy (non-hydrogen) atoms. The first kappa shape index (κ1) is 11.3. The van der Waals surface area contributed by atoms with Gasteiger partial charge in [-0.15, -0.1) is 0 Å². The van der Waals surface area contributed by atoms with Gasteiger partial charge in [0.15, 0.2) is 0 Å². The minimum absolute atomic E-state index is 0.476. The molecule has 0 radical (unpaired) electrons. The molecule has 4 nitrogen and oxygen atoms in total. The average molecular weight is 282 g/mol. The lowest BCUT2D eigenvalue weighted by Crippen LogP contribution is -2.03. The van der Waals surface area contributed by atoms with Crippen LogP contribution in [0, 0.1) is 0 Å². The van der Waals surface area contributed by atoms with Crippen LogP contribution in [0.4, 0.5) is 0 Å². The molecule has 0 saturated carbocycles. The predicted molar refractivity (Wildman–Crippen MR) is 63.8 cm³/mol. The van der Waals surface area contributed by atoms with E-state index < -0.39 is 6.10 Å². The van der Waals surface area contributed by atoms with Gasteiger partial charge >= 0.3 is 0 Å². The molecule has 84 valence electrons. The van der Waals surface area contributed by atoms with Crippen molar-refractivity contribution >= 4 is 15.9 Å². The fourth-order valence-corrected chi connectivity index (χ4v) is 1.67. The second kappa shape index (κ2) is 4.76. The number of pyridine rings is 1. The summed E-state index contributed by atoms with van der Waals surface area (Å²) in [6.07, 6.45) is 5.08. The summed E-state index contributed by atoms with van der Waals surface area (Å²) >= 11 is 3.32. The van der Waals surface area contributed by atoms with E-state index in [2.05, 4.69) is 25.9 Å². The van der Waals surface area contributed by atoms with E-state index in [-0.39, 0.29) is 0 Å². The van der Waals surface area contributed by atoms with Crippen molar-refractivity contribution in [3.63, 3.8) is 0 Å². The molecule has 0 aromatic carbocycles. The SMILES string of the molecule is Cn1cnc(C(O)Cc2ccc(Br)cn2)c1. The van der Waals surface area contributed by atoms with Crippen LogP contribution in [-0.2, 0) is 13.5 Å². The third-order valence-electron chi connectivity index (χ3n) is 2.26. The smallest absolute Gasteiger partial charge is 0.103 e. The molecule has 1 atom stereocenters. The molecule has 2 heterocycles. The van der Waals surface area contributed by atoms with E-state index in [9.17, 15) is 5.11 Å². The summed E-state index contributed by atoms with van der Waals surface area (Å²) in [5.74, 6) is 0. The first-order valence-corrected chi connectivity index (χ1v) is 5.71. The Balaban J connectivity index is 2.07. The maximum Gasteiger partial charge on any atom is 0.103 e. The van der Waals surface area contributed by atoms with Crippen LogP contribution in [0.25, 0.3) is 0 Å². The van der Waals surface area contributed by atoms with Crippen LogP contribution < -0.4 is 0 Å². The molecule has 2 aromatic rings. The van der Waals surface area contributed by atoms with Gasteiger partial charge in [0.25, 0.3) is 0 Å². The van der Waals surface area contributed by atoms with Crippen LogP contribution in [-0.4, -0.2) is 19.6 Å². The molecular formula is C11H12BrN3O. The highest BCUT2D eigenvalue weighted by atomic mass is 79.9. The highest BCUT2D eigenvalue weighted by Crippen LogP contribution is 2.16. The summed E-state index contributed by atoms with van der Waals surface area (Å²) in [7, 11) is 1.88. The normalized spacial score (nSPS) is 12.7. The summed E-state index contributed by atoms with van der Waals surface area (Å²) < 4.78 is 2.75. The maximum atomic E-state index is 9.93. The van der Waals surface area contributed by atoms with Crippen LogP contribution in [0.2, 0.25) is 0 Å². The average Bonchev–Trinajstić information content (AvgIpc) is 2.68. The number of aromatic nitrogens is 3. The van der Waals surface area contributed by atoms with E-state index in [0.717, 1.165) is 10.2 Å². The Labute approximate surface area is 102 Å². The first-order valence-electron chi connectivity index (χ1n) is 4.91. The Kier molecular flexibility index (Phi) is 3.36. The van der Waals surface area contributed by atoms with Crippen LogP contribution in [0.15, 0.2) is 35.3 Å². The lowest BCUT2D eigenvalue weighted by Gasteiger charge is -2.06. The lowest BCUT2D eigenvalue weighted by atomic mass is 10.1. The molecule has 2 aromatic heterocycles. The number of aryl methyl sites for hydroxylation is 1. The number of imidazole rings is 1. The minimum atomic E-state index is -0.602. The van der Waals surface area contributed by atoms with Gasteiger partial charge in [0.2, 0.25) is 0 Å². The molecule has 0 aliphatic carbocycles. The monoisotopic (exact) mass is 281 g/mol. The molecular weight excluding hydrogens is 270 g/mol. The second-order valence-electron chi connectivity index (χ2n) is 3.65. The molecule has 0 fully saturated rings. The summed E-state index contributed by atoms with van der Waals surface area (Å²) in [6.45, 7) is 0. The standard InChI is InChI=1S/C11H12BrN3O/c1-15-6-10(14-7-15)11(16)4-9-3-2-8(12)5-13-9/h2-3,5-7,11,16H,4H2,1H3. The van der Waals surface area contributed by atoms with Gasteiger partial charge in [-0.2, -0.15) is 0 Å². The predicted octanol–water partition coefficient (Wildman–Crippen LogP) is 1.85. The minimum Gasteiger partial charge on any atom is -0.386 e. The first-order chi connectivity index (χ1) is 7.65. The fraction of sp³-hybridized carbons (Fsp3) is 0.273. The van der Waals surface area contributed by atoms with Crippen molar-refractivity contribution in [2.45, 2.75) is 12.5 Å². The number of aliphatic hydroxyl groups is 1. The van der Waals surface area contributed by atoms with Gasteiger partial charge in [-0.25, -0.2) is 4.98 Å². The summed E-state index contributed by atoms with van der Waals surface area (Å²) in [5, 5.41) is 9.93. The molecule has 0 saturated heterocycles. The fourth-order valence-electron chi connectivity index (χ4n) is 1.43. The zero-order valence-electron chi connectivity index (χ0n) is 8.84. The van der Waals surface area contributed by atoms with E-state index in [1.54, 1.807) is 12.5 Å². The summed E-state index contributed by atoms with van der Waals surface area (Å²) in [4.78, 5) is 8.31. The molecule has 0 aliphatic heterocycles. The zero-order valence-corrected chi connectivity index (χ0v) is 10.4. The van der Waals surface area contributed by atoms with Crippen molar-refractivity contribution in [1.82, 2.24) is 14.5 Å². The van der Waals surface area contributed by atoms with Crippen molar-refractivity contribution in [2.24, 2.45) is 7.05 Å². The summed E-state index contributed by atoms with van der Waals surface area (Å²) in [5.41, 5.74) is 1.52. The van der Waals surface area contributed by atoms with Gasteiger partial charge in [-0.3, -0.25) is 4.98 Å². The molecule has 0 amide bonds. The quantitative estimate of drug-likeness (QED) is 0.934. The Hall–Kier alpha value is -1.20. The third kappa shape index (κ3) is 2.68. The van der Waals surface area contributed by atoms with Gasteiger partial charge in [0.1, 0.15) is 6.10 Å². The van der Waals surface area contributed by atoms with Crippen LogP contribution in [0.5, 0.6) is 0 Å². The van der Waals surface area contributed by atoms with Gasteiger partial charge in [-0.05, 0) is 28.1 Å². The van der Waals surface area contributed by atoms with Crippen molar-refractivity contribution in [3.05, 3.63) is 46.7 Å². The van der Waals surface area contributed by atoms with E-state index in [1.807, 2.05) is 29.9 Å². The van der Waals surface area contributed by atoms with Crippen molar-refractivity contribution in [3.8, 4) is 0 Å². The van der Waals surface area contributed by atoms with Gasteiger partial charge in [0.05, 0.1) is 12.0 Å². The Morgan fingerprint density at radius 1 is 1.44 bits per heavy atom. The van der Waals surface area contributed by atoms with E-state index in [1.165, 1.54) is 0 Å².